The van der Waals surface area contributed by atoms with E-state index in [4.69, 9.17) is 4.42 Å². The number of hydrazone groups is 1. The van der Waals surface area contributed by atoms with Crippen LogP contribution >= 0.6 is 0 Å². The number of benzene rings is 2. The Labute approximate surface area is 175 Å². The highest BCUT2D eigenvalue weighted by atomic mass is 16.3. The molecule has 0 radical (unpaired) electrons. The van der Waals surface area contributed by atoms with Gasteiger partial charge >= 0.3 is 0 Å². The number of nitrogens with zero attached hydrogens (tertiary/aromatic N) is 2. The molecule has 0 spiro atoms. The van der Waals surface area contributed by atoms with Crippen molar-refractivity contribution < 1.29 is 14.0 Å². The van der Waals surface area contributed by atoms with Crippen LogP contribution in [-0.4, -0.2) is 28.2 Å². The molecular formula is C22H17N5O4. The summed E-state index contributed by atoms with van der Waals surface area (Å²) in [6.45, 7) is 0. The predicted molar refractivity (Wildman–Crippen MR) is 113 cm³/mol. The van der Waals surface area contributed by atoms with E-state index >= 15 is 0 Å². The SMILES string of the molecule is O=C(NC(C(=O)N/N=C\c1ccco1)c1n[nH]c(=O)c2ccccc12)c1ccccc1. The highest BCUT2D eigenvalue weighted by molar-refractivity contribution is 5.99. The molecular weight excluding hydrogens is 398 g/mol. The highest BCUT2D eigenvalue weighted by Crippen LogP contribution is 2.20. The summed E-state index contributed by atoms with van der Waals surface area (Å²) < 4.78 is 5.13. The number of nitrogens with one attached hydrogen (secondary N) is 3. The van der Waals surface area contributed by atoms with Crippen molar-refractivity contribution in [2.75, 3.05) is 0 Å². The second-order valence-electron chi connectivity index (χ2n) is 6.51. The van der Waals surface area contributed by atoms with Crippen LogP contribution in [0.2, 0.25) is 0 Å². The normalized spacial score (nSPS) is 12.0. The molecule has 31 heavy (non-hydrogen) atoms. The molecule has 1 unspecified atom stereocenters. The summed E-state index contributed by atoms with van der Waals surface area (Å²) in [4.78, 5) is 37.8. The van der Waals surface area contributed by atoms with Gasteiger partial charge in [0.15, 0.2) is 6.04 Å². The number of amides is 2. The summed E-state index contributed by atoms with van der Waals surface area (Å²) in [6.07, 6.45) is 2.80. The zero-order valence-electron chi connectivity index (χ0n) is 16.1. The molecule has 9 heteroatoms. The van der Waals surface area contributed by atoms with Crippen LogP contribution in [0.25, 0.3) is 10.8 Å². The molecule has 3 N–H and O–H groups in total. The van der Waals surface area contributed by atoms with E-state index in [1.165, 1.54) is 12.5 Å². The second kappa shape index (κ2) is 8.87. The van der Waals surface area contributed by atoms with E-state index in [0.717, 1.165) is 0 Å². The molecule has 4 aromatic rings. The fourth-order valence-electron chi connectivity index (χ4n) is 3.01. The molecule has 0 aliphatic heterocycles. The van der Waals surface area contributed by atoms with Gasteiger partial charge in [0.1, 0.15) is 11.5 Å². The topological polar surface area (TPSA) is 129 Å². The summed E-state index contributed by atoms with van der Waals surface area (Å²) in [6, 6.07) is 17.3. The fourth-order valence-corrected chi connectivity index (χ4v) is 3.01. The number of rotatable bonds is 6. The van der Waals surface area contributed by atoms with Crippen LogP contribution in [0.15, 0.2) is 87.3 Å². The van der Waals surface area contributed by atoms with Gasteiger partial charge in [-0.15, -0.1) is 0 Å². The van der Waals surface area contributed by atoms with Gasteiger partial charge in [-0.05, 0) is 30.3 Å². The number of fused-ring (bicyclic) bond motifs is 1. The Kier molecular flexibility index (Phi) is 5.66. The molecule has 0 saturated heterocycles. The van der Waals surface area contributed by atoms with Crippen LogP contribution in [0.3, 0.4) is 0 Å². The van der Waals surface area contributed by atoms with Crippen molar-refractivity contribution >= 4 is 28.8 Å². The molecule has 0 bridgehead atoms. The van der Waals surface area contributed by atoms with Crippen molar-refractivity contribution in [2.24, 2.45) is 5.10 Å². The molecule has 0 saturated carbocycles. The molecule has 2 amide bonds. The highest BCUT2D eigenvalue weighted by Gasteiger charge is 2.27. The number of furan rings is 1. The van der Waals surface area contributed by atoms with Crippen molar-refractivity contribution in [3.8, 4) is 0 Å². The third kappa shape index (κ3) is 4.40. The van der Waals surface area contributed by atoms with E-state index in [9.17, 15) is 14.4 Å². The minimum absolute atomic E-state index is 0.185. The number of H-pyrrole nitrogens is 1. The fraction of sp³-hybridized carbons (Fsp3) is 0.0455. The first-order chi connectivity index (χ1) is 15.1. The zero-order valence-corrected chi connectivity index (χ0v) is 16.1. The first kappa shape index (κ1) is 19.8. The van der Waals surface area contributed by atoms with Crippen LogP contribution in [-0.2, 0) is 4.79 Å². The number of aromatic nitrogens is 2. The third-order valence-electron chi connectivity index (χ3n) is 4.48. The lowest BCUT2D eigenvalue weighted by atomic mass is 10.0. The summed E-state index contributed by atoms with van der Waals surface area (Å²) >= 11 is 0. The lowest BCUT2D eigenvalue weighted by Crippen LogP contribution is -2.40. The molecule has 1 atom stereocenters. The van der Waals surface area contributed by atoms with Crippen LogP contribution in [0.5, 0.6) is 0 Å². The number of carbonyl (C=O) groups excluding carboxylic acids is 2. The first-order valence-electron chi connectivity index (χ1n) is 9.33. The summed E-state index contributed by atoms with van der Waals surface area (Å²) in [7, 11) is 0. The van der Waals surface area contributed by atoms with Gasteiger partial charge in [0, 0.05) is 10.9 Å². The van der Waals surface area contributed by atoms with Gasteiger partial charge in [-0.25, -0.2) is 10.5 Å². The third-order valence-corrected chi connectivity index (χ3v) is 4.48. The number of carbonyl (C=O) groups is 2. The van der Waals surface area contributed by atoms with Gasteiger partial charge in [0.2, 0.25) is 0 Å². The van der Waals surface area contributed by atoms with Crippen molar-refractivity contribution in [1.29, 1.82) is 0 Å². The molecule has 0 aliphatic carbocycles. The first-order valence-corrected chi connectivity index (χ1v) is 9.33. The van der Waals surface area contributed by atoms with Crippen LogP contribution in [0, 0.1) is 0 Å². The zero-order chi connectivity index (χ0) is 21.6. The van der Waals surface area contributed by atoms with Crippen LogP contribution in [0.4, 0.5) is 0 Å². The minimum atomic E-state index is -1.22. The molecule has 0 aliphatic rings. The Hall–Kier alpha value is -4.53. The Bertz CT molecular complexity index is 1300. The van der Waals surface area contributed by atoms with E-state index in [1.807, 2.05) is 0 Å². The Morgan fingerprint density at radius 3 is 2.48 bits per heavy atom. The number of hydrogen-bond donors (Lipinski definition) is 3. The molecule has 154 valence electrons. The summed E-state index contributed by atoms with van der Waals surface area (Å²) in [5.74, 6) is -0.678. The largest absolute Gasteiger partial charge is 0.463 e. The van der Waals surface area contributed by atoms with Gasteiger partial charge in [-0.3, -0.25) is 14.4 Å². The van der Waals surface area contributed by atoms with E-state index in [-0.39, 0.29) is 5.69 Å². The van der Waals surface area contributed by atoms with Gasteiger partial charge in [-0.1, -0.05) is 36.4 Å². The lowest BCUT2D eigenvalue weighted by molar-refractivity contribution is -0.123. The molecule has 2 heterocycles. The van der Waals surface area contributed by atoms with Gasteiger partial charge in [-0.2, -0.15) is 10.2 Å². The number of aromatic amines is 1. The Morgan fingerprint density at radius 2 is 1.74 bits per heavy atom. The average Bonchev–Trinajstić information content (AvgIpc) is 3.32. The van der Waals surface area contributed by atoms with Crippen molar-refractivity contribution in [2.45, 2.75) is 6.04 Å². The maximum Gasteiger partial charge on any atom is 0.272 e. The standard InChI is InChI=1S/C22H17N5O4/c28-20(14-7-2-1-3-8-14)24-19(22(30)26-23-13-15-9-6-12-31-15)18-16-10-4-5-11-17(16)21(29)27-25-18/h1-13,19H,(H,24,28)(H,26,30)(H,27,29)/b23-13-. The molecule has 2 aromatic heterocycles. The lowest BCUT2D eigenvalue weighted by Gasteiger charge is -2.18. The average molecular weight is 415 g/mol. The van der Waals surface area contributed by atoms with E-state index in [1.54, 1.807) is 66.7 Å². The predicted octanol–water partition coefficient (Wildman–Crippen LogP) is 2.14. The van der Waals surface area contributed by atoms with Gasteiger partial charge in [0.25, 0.3) is 17.4 Å². The van der Waals surface area contributed by atoms with Gasteiger partial charge in [0.05, 0.1) is 17.9 Å². The summed E-state index contributed by atoms with van der Waals surface area (Å²) in [5.41, 5.74) is 2.53. The van der Waals surface area contributed by atoms with Crippen molar-refractivity contribution in [3.63, 3.8) is 0 Å². The van der Waals surface area contributed by atoms with Crippen LogP contribution in [0.1, 0.15) is 27.9 Å². The second-order valence-corrected chi connectivity index (χ2v) is 6.51. The Morgan fingerprint density at radius 1 is 1.00 bits per heavy atom. The molecule has 4 rings (SSSR count). The molecule has 0 fully saturated rings. The maximum atomic E-state index is 13.0. The van der Waals surface area contributed by atoms with E-state index in [2.05, 4.69) is 26.0 Å². The minimum Gasteiger partial charge on any atom is -0.463 e. The quantitative estimate of drug-likeness (QED) is 0.328. The monoisotopic (exact) mass is 415 g/mol. The summed E-state index contributed by atoms with van der Waals surface area (Å²) in [5, 5.41) is 13.8. The molecule has 9 nitrogen and oxygen atoms in total. The van der Waals surface area contributed by atoms with Crippen molar-refractivity contribution in [1.82, 2.24) is 20.9 Å². The Balaban J connectivity index is 1.69. The molecule has 2 aromatic carbocycles. The van der Waals surface area contributed by atoms with Crippen LogP contribution < -0.4 is 16.3 Å². The number of hydrogen-bond acceptors (Lipinski definition) is 6. The maximum absolute atomic E-state index is 13.0. The van der Waals surface area contributed by atoms with E-state index < -0.39 is 23.4 Å². The van der Waals surface area contributed by atoms with Crippen molar-refractivity contribution in [3.05, 3.63) is 100 Å². The van der Waals surface area contributed by atoms with E-state index in [0.29, 0.717) is 22.1 Å². The van der Waals surface area contributed by atoms with Gasteiger partial charge < -0.3 is 9.73 Å². The smallest absolute Gasteiger partial charge is 0.272 e.